The zero-order chi connectivity index (χ0) is 23.0. The highest BCUT2D eigenvalue weighted by Gasteiger charge is 2.22. The van der Waals surface area contributed by atoms with Crippen LogP contribution in [0.25, 0.3) is 0 Å². The number of carbonyl (C=O) groups is 2. The van der Waals surface area contributed by atoms with Crippen molar-refractivity contribution in [1.29, 1.82) is 0 Å². The van der Waals surface area contributed by atoms with Gasteiger partial charge in [0.15, 0.2) is 18.1 Å². The number of esters is 1. The Bertz CT molecular complexity index is 1040. The zero-order valence-electron chi connectivity index (χ0n) is 17.3. The Hall–Kier alpha value is -3.31. The third kappa shape index (κ3) is 6.33. The minimum atomic E-state index is -3.75. The van der Waals surface area contributed by atoms with E-state index in [0.717, 1.165) is 5.56 Å². The molecule has 0 saturated heterocycles. The lowest BCUT2D eigenvalue weighted by Gasteiger charge is -2.15. The van der Waals surface area contributed by atoms with Crippen LogP contribution >= 0.6 is 0 Å². The summed E-state index contributed by atoms with van der Waals surface area (Å²) in [7, 11) is 0.484. The Morgan fingerprint density at radius 1 is 0.935 bits per heavy atom. The highest BCUT2D eigenvalue weighted by molar-refractivity contribution is 7.89. The Morgan fingerprint density at radius 2 is 1.58 bits per heavy atom. The van der Waals surface area contributed by atoms with Crippen molar-refractivity contribution in [2.75, 3.05) is 34.5 Å². The third-order valence-electron chi connectivity index (χ3n) is 4.25. The predicted octanol–water partition coefficient (Wildman–Crippen LogP) is 0.876. The van der Waals surface area contributed by atoms with Crippen molar-refractivity contribution >= 4 is 21.9 Å². The Balaban J connectivity index is 1.88. The van der Waals surface area contributed by atoms with Gasteiger partial charge < -0.3 is 24.3 Å². The molecular formula is C20H24N2O8S. The fourth-order valence-electron chi connectivity index (χ4n) is 2.71. The molecule has 0 aliphatic heterocycles. The average Bonchev–Trinajstić information content (AvgIpc) is 2.75. The SMILES string of the molecule is COc1ccc(C(=O)OCC(=O)NCCc2ccc(S(N)(=O)=O)cc2)c(OC)c1OC. The largest absolute Gasteiger partial charge is 0.493 e. The molecule has 168 valence electrons. The minimum absolute atomic E-state index is 0.0118. The molecule has 2 aromatic rings. The molecule has 11 heteroatoms. The highest BCUT2D eigenvalue weighted by Crippen LogP contribution is 2.39. The van der Waals surface area contributed by atoms with Crippen LogP contribution in [-0.4, -0.2) is 54.8 Å². The van der Waals surface area contributed by atoms with Gasteiger partial charge in [0.25, 0.3) is 5.91 Å². The first-order valence-corrected chi connectivity index (χ1v) is 10.6. The molecule has 10 nitrogen and oxygen atoms in total. The summed E-state index contributed by atoms with van der Waals surface area (Å²) in [5.41, 5.74) is 0.891. The fourth-order valence-corrected chi connectivity index (χ4v) is 3.23. The zero-order valence-corrected chi connectivity index (χ0v) is 18.2. The molecule has 0 saturated carbocycles. The first kappa shape index (κ1) is 24.0. The van der Waals surface area contributed by atoms with E-state index >= 15 is 0 Å². The van der Waals surface area contributed by atoms with Crippen LogP contribution in [0.15, 0.2) is 41.3 Å². The van der Waals surface area contributed by atoms with Crippen molar-refractivity contribution in [2.45, 2.75) is 11.3 Å². The number of rotatable bonds is 10. The molecule has 2 aromatic carbocycles. The van der Waals surface area contributed by atoms with Crippen LogP contribution in [0.2, 0.25) is 0 Å². The number of carbonyl (C=O) groups excluding carboxylic acids is 2. The molecule has 0 radical (unpaired) electrons. The van der Waals surface area contributed by atoms with Crippen molar-refractivity contribution in [3.05, 3.63) is 47.5 Å². The maximum atomic E-state index is 12.4. The van der Waals surface area contributed by atoms with Gasteiger partial charge in [-0.05, 0) is 36.2 Å². The standard InChI is InChI=1S/C20H24N2O8S/c1-27-16-9-8-15(18(28-2)19(16)29-3)20(24)30-12-17(23)22-11-10-13-4-6-14(7-5-13)31(21,25)26/h4-9H,10-12H2,1-3H3,(H,22,23)(H2,21,25,26). The molecule has 0 aliphatic carbocycles. The number of methoxy groups -OCH3 is 3. The van der Waals surface area contributed by atoms with Crippen LogP contribution in [-0.2, 0) is 26.0 Å². The number of sulfonamides is 1. The van der Waals surface area contributed by atoms with Gasteiger partial charge in [0.2, 0.25) is 15.8 Å². The van der Waals surface area contributed by atoms with E-state index < -0.39 is 28.5 Å². The topological polar surface area (TPSA) is 143 Å². The van der Waals surface area contributed by atoms with Gasteiger partial charge >= 0.3 is 5.97 Å². The quantitative estimate of drug-likeness (QED) is 0.506. The third-order valence-corrected chi connectivity index (χ3v) is 5.18. The molecular weight excluding hydrogens is 428 g/mol. The Kier molecular flexibility index (Phi) is 8.22. The summed E-state index contributed by atoms with van der Waals surface area (Å²) in [5.74, 6) is -0.501. The van der Waals surface area contributed by atoms with E-state index in [1.54, 1.807) is 12.1 Å². The van der Waals surface area contributed by atoms with Crippen molar-refractivity contribution < 1.29 is 37.0 Å². The van der Waals surface area contributed by atoms with Crippen molar-refractivity contribution in [2.24, 2.45) is 5.14 Å². The maximum Gasteiger partial charge on any atom is 0.342 e. The van der Waals surface area contributed by atoms with E-state index in [1.807, 2.05) is 0 Å². The summed E-state index contributed by atoms with van der Waals surface area (Å²) in [6, 6.07) is 8.98. The summed E-state index contributed by atoms with van der Waals surface area (Å²) in [4.78, 5) is 24.4. The van der Waals surface area contributed by atoms with Gasteiger partial charge in [-0.2, -0.15) is 0 Å². The van der Waals surface area contributed by atoms with E-state index in [-0.39, 0.29) is 28.5 Å². The molecule has 1 amide bonds. The summed E-state index contributed by atoms with van der Waals surface area (Å²) < 4.78 is 43.1. The van der Waals surface area contributed by atoms with E-state index in [9.17, 15) is 18.0 Å². The van der Waals surface area contributed by atoms with Gasteiger partial charge in [0, 0.05) is 6.54 Å². The van der Waals surface area contributed by atoms with Crippen LogP contribution in [0.1, 0.15) is 15.9 Å². The molecule has 0 aromatic heterocycles. The van der Waals surface area contributed by atoms with E-state index in [2.05, 4.69) is 5.32 Å². The number of nitrogens with one attached hydrogen (secondary N) is 1. The first-order chi connectivity index (χ1) is 14.7. The number of benzene rings is 2. The minimum Gasteiger partial charge on any atom is -0.493 e. The number of nitrogens with two attached hydrogens (primary N) is 1. The second kappa shape index (κ2) is 10.6. The van der Waals surface area contributed by atoms with Gasteiger partial charge in [-0.25, -0.2) is 18.4 Å². The second-order valence-electron chi connectivity index (χ2n) is 6.25. The lowest BCUT2D eigenvalue weighted by molar-refractivity contribution is -0.124. The molecule has 0 fully saturated rings. The Morgan fingerprint density at radius 3 is 2.13 bits per heavy atom. The molecule has 31 heavy (non-hydrogen) atoms. The van der Waals surface area contributed by atoms with Crippen molar-refractivity contribution in [3.63, 3.8) is 0 Å². The average molecular weight is 452 g/mol. The number of primary sulfonamides is 1. The Labute approximate surface area is 180 Å². The number of amides is 1. The monoisotopic (exact) mass is 452 g/mol. The predicted molar refractivity (Wildman–Crippen MR) is 111 cm³/mol. The van der Waals surface area contributed by atoms with Gasteiger partial charge in [-0.1, -0.05) is 12.1 Å². The molecule has 0 atom stereocenters. The van der Waals surface area contributed by atoms with Gasteiger partial charge in [0.1, 0.15) is 5.56 Å². The summed E-state index contributed by atoms with van der Waals surface area (Å²) >= 11 is 0. The van der Waals surface area contributed by atoms with Crippen molar-refractivity contribution in [3.8, 4) is 17.2 Å². The maximum absolute atomic E-state index is 12.4. The van der Waals surface area contributed by atoms with Gasteiger partial charge in [-0.15, -0.1) is 0 Å². The summed E-state index contributed by atoms with van der Waals surface area (Å²) in [6.07, 6.45) is 0.452. The molecule has 0 spiro atoms. The number of hydrogen-bond donors (Lipinski definition) is 2. The van der Waals surface area contributed by atoms with Crippen LogP contribution in [0.5, 0.6) is 17.2 Å². The molecule has 0 aliphatic rings. The van der Waals surface area contributed by atoms with Gasteiger partial charge in [0.05, 0.1) is 26.2 Å². The van der Waals surface area contributed by atoms with E-state index in [1.165, 1.54) is 45.6 Å². The number of hydrogen-bond acceptors (Lipinski definition) is 8. The van der Waals surface area contributed by atoms with Crippen LogP contribution in [0, 0.1) is 0 Å². The smallest absolute Gasteiger partial charge is 0.342 e. The van der Waals surface area contributed by atoms with Crippen LogP contribution in [0.4, 0.5) is 0 Å². The molecule has 0 bridgehead atoms. The van der Waals surface area contributed by atoms with Crippen LogP contribution in [0.3, 0.4) is 0 Å². The fraction of sp³-hybridized carbons (Fsp3) is 0.300. The first-order valence-electron chi connectivity index (χ1n) is 9.05. The summed E-state index contributed by atoms with van der Waals surface area (Å²) in [6.45, 7) is -0.217. The summed E-state index contributed by atoms with van der Waals surface area (Å²) in [5, 5.41) is 7.67. The lowest BCUT2D eigenvalue weighted by atomic mass is 10.1. The highest BCUT2D eigenvalue weighted by atomic mass is 32.2. The molecule has 0 heterocycles. The normalized spacial score (nSPS) is 10.8. The molecule has 0 unspecified atom stereocenters. The van der Waals surface area contributed by atoms with Crippen molar-refractivity contribution in [1.82, 2.24) is 5.32 Å². The lowest BCUT2D eigenvalue weighted by Crippen LogP contribution is -2.30. The molecule has 3 N–H and O–H groups in total. The number of ether oxygens (including phenoxy) is 4. The van der Waals surface area contributed by atoms with E-state index in [4.69, 9.17) is 24.1 Å². The second-order valence-corrected chi connectivity index (χ2v) is 7.81. The van der Waals surface area contributed by atoms with Gasteiger partial charge in [-0.3, -0.25) is 4.79 Å². The molecule has 2 rings (SSSR count). The van der Waals surface area contributed by atoms with Crippen LogP contribution < -0.4 is 24.7 Å². The van der Waals surface area contributed by atoms with E-state index in [0.29, 0.717) is 12.2 Å².